The van der Waals surface area contributed by atoms with E-state index in [9.17, 15) is 9.59 Å². The number of hydrogen-bond donors (Lipinski definition) is 2. The number of rotatable bonds is 9. The quantitative estimate of drug-likeness (QED) is 0.469. The molecule has 2 aliphatic carbocycles. The summed E-state index contributed by atoms with van der Waals surface area (Å²) in [6, 6.07) is 4.62. The topological polar surface area (TPSA) is 103 Å². The van der Waals surface area contributed by atoms with Crippen LogP contribution in [-0.2, 0) is 9.59 Å². The van der Waals surface area contributed by atoms with Crippen molar-refractivity contribution in [2.24, 2.45) is 11.8 Å². The molecule has 2 fully saturated rings. The Bertz CT molecular complexity index is 1250. The molecule has 2 aromatic heterocycles. The Morgan fingerprint density at radius 3 is 2.56 bits per heavy atom. The molecule has 206 valence electrons. The fourth-order valence-electron chi connectivity index (χ4n) is 6.27. The number of pyridine rings is 1. The minimum absolute atomic E-state index is 0.0198. The van der Waals surface area contributed by atoms with E-state index in [2.05, 4.69) is 39.1 Å². The van der Waals surface area contributed by atoms with E-state index in [1.54, 1.807) is 25.2 Å². The van der Waals surface area contributed by atoms with Crippen molar-refractivity contribution in [2.75, 3.05) is 37.9 Å². The van der Waals surface area contributed by atoms with Gasteiger partial charge in [-0.05, 0) is 55.4 Å². The Labute approximate surface area is 230 Å². The molecule has 0 bridgehead atoms. The van der Waals surface area contributed by atoms with Crippen molar-refractivity contribution < 1.29 is 9.59 Å². The smallest absolute Gasteiger partial charge is 0.249 e. The van der Waals surface area contributed by atoms with Crippen molar-refractivity contribution in [3.8, 4) is 0 Å². The summed E-state index contributed by atoms with van der Waals surface area (Å²) in [5, 5.41) is 6.78. The lowest BCUT2D eigenvalue weighted by atomic mass is 9.74. The van der Waals surface area contributed by atoms with Gasteiger partial charge >= 0.3 is 0 Å². The lowest BCUT2D eigenvalue weighted by Crippen LogP contribution is -2.38. The van der Waals surface area contributed by atoms with Crippen molar-refractivity contribution in [2.45, 2.75) is 57.0 Å². The third kappa shape index (κ3) is 5.88. The van der Waals surface area contributed by atoms with Crippen molar-refractivity contribution in [1.29, 1.82) is 0 Å². The molecule has 1 amide bonds. The van der Waals surface area contributed by atoms with Crippen LogP contribution >= 0.6 is 0 Å². The lowest BCUT2D eigenvalue weighted by molar-refractivity contribution is -0.125. The number of aromatic nitrogens is 3. The van der Waals surface area contributed by atoms with Gasteiger partial charge in [0, 0.05) is 69.4 Å². The molecule has 9 heteroatoms. The first-order chi connectivity index (χ1) is 18.8. The number of carbonyl (C=O) groups excluding carboxylic acids is 2. The van der Waals surface area contributed by atoms with Gasteiger partial charge in [0.15, 0.2) is 0 Å². The number of nitrogens with zero attached hydrogens (tertiary/aromatic N) is 5. The predicted octanol–water partition coefficient (Wildman–Crippen LogP) is 4.07. The maximum atomic E-state index is 13.1. The molecular formula is C30H39N7O2. The van der Waals surface area contributed by atoms with E-state index >= 15 is 0 Å². The van der Waals surface area contributed by atoms with Crippen molar-refractivity contribution in [1.82, 2.24) is 25.2 Å². The van der Waals surface area contributed by atoms with Gasteiger partial charge in [-0.25, -0.2) is 15.0 Å². The van der Waals surface area contributed by atoms with Crippen LogP contribution in [0.1, 0.15) is 56.2 Å². The van der Waals surface area contributed by atoms with Crippen LogP contribution in [0.4, 0.5) is 17.5 Å². The molecule has 3 unspecified atom stereocenters. The number of aldehydes is 1. The Morgan fingerprint density at radius 2 is 1.87 bits per heavy atom. The van der Waals surface area contributed by atoms with Gasteiger partial charge in [0.2, 0.25) is 11.9 Å². The van der Waals surface area contributed by atoms with Gasteiger partial charge in [0.25, 0.3) is 0 Å². The van der Waals surface area contributed by atoms with Crippen LogP contribution in [0.15, 0.2) is 36.7 Å². The standard InChI is InChI=1S/C30H39N7O2/c1-19-27(20-7-5-6-8-20)25(29(39)36(2)3)15-21-16-32-30(35-28(19)21)34-26-12-11-24(17-31-26)37(4)18-23-10-9-22(33-23)13-14-38/h11-12,14-17,20,22-23,27,33H,1,5-10,13,18H2,2-4H3,(H,31,32,34,35). The minimum Gasteiger partial charge on any atom is -0.372 e. The highest BCUT2D eigenvalue weighted by atomic mass is 16.2. The van der Waals surface area contributed by atoms with E-state index in [0.717, 1.165) is 66.6 Å². The molecule has 1 aliphatic heterocycles. The number of anilines is 3. The van der Waals surface area contributed by atoms with Crippen LogP contribution in [-0.4, -0.2) is 71.8 Å². The van der Waals surface area contributed by atoms with Gasteiger partial charge in [0.05, 0.1) is 17.6 Å². The lowest BCUT2D eigenvalue weighted by Gasteiger charge is -2.32. The molecule has 2 N–H and O–H groups in total. The Hall–Kier alpha value is -3.59. The van der Waals surface area contributed by atoms with Gasteiger partial charge in [-0.2, -0.15) is 0 Å². The van der Waals surface area contributed by atoms with Crippen LogP contribution < -0.4 is 15.5 Å². The Balaban J connectivity index is 1.29. The van der Waals surface area contributed by atoms with E-state index in [1.807, 2.05) is 24.4 Å². The summed E-state index contributed by atoms with van der Waals surface area (Å²) < 4.78 is 0. The molecule has 0 aromatic carbocycles. The number of nitrogens with one attached hydrogen (secondary N) is 2. The zero-order valence-corrected chi connectivity index (χ0v) is 23.2. The average molecular weight is 530 g/mol. The van der Waals surface area contributed by atoms with Crippen LogP contribution in [0.3, 0.4) is 0 Å². The van der Waals surface area contributed by atoms with Gasteiger partial charge < -0.3 is 25.2 Å². The van der Waals surface area contributed by atoms with E-state index in [-0.39, 0.29) is 11.8 Å². The molecule has 9 nitrogen and oxygen atoms in total. The maximum Gasteiger partial charge on any atom is 0.249 e. The molecular weight excluding hydrogens is 490 g/mol. The second-order valence-corrected chi connectivity index (χ2v) is 11.3. The van der Waals surface area contributed by atoms with Crippen LogP contribution in [0.5, 0.6) is 0 Å². The molecule has 1 saturated heterocycles. The second kappa shape index (κ2) is 11.7. The SMILES string of the molecule is C=C1c2nc(Nc3ccc(N(C)CC4CCC(CC=O)N4)cn3)ncc2C=C(C(=O)N(C)C)C1C1CCCC1. The molecule has 0 spiro atoms. The molecule has 39 heavy (non-hydrogen) atoms. The summed E-state index contributed by atoms with van der Waals surface area (Å²) in [6.07, 6.45) is 13.8. The van der Waals surface area contributed by atoms with Gasteiger partial charge in [-0.15, -0.1) is 0 Å². The molecule has 5 rings (SSSR count). The summed E-state index contributed by atoms with van der Waals surface area (Å²) in [7, 11) is 5.65. The van der Waals surface area contributed by atoms with Gasteiger partial charge in [-0.1, -0.05) is 19.4 Å². The predicted molar refractivity (Wildman–Crippen MR) is 155 cm³/mol. The van der Waals surface area contributed by atoms with Crippen LogP contribution in [0.25, 0.3) is 11.6 Å². The fourth-order valence-corrected chi connectivity index (χ4v) is 6.27. The Kier molecular flexibility index (Phi) is 8.07. The molecule has 3 atom stereocenters. The highest BCUT2D eigenvalue weighted by molar-refractivity contribution is 6.03. The van der Waals surface area contributed by atoms with E-state index < -0.39 is 0 Å². The number of likely N-dealkylation sites (N-methyl/N-ethyl adjacent to an activating group) is 2. The number of fused-ring (bicyclic) bond motifs is 1. The summed E-state index contributed by atoms with van der Waals surface area (Å²) in [5.41, 5.74) is 4.33. The molecule has 2 aromatic rings. The monoisotopic (exact) mass is 529 g/mol. The van der Waals surface area contributed by atoms with Crippen molar-refractivity contribution in [3.05, 3.63) is 47.9 Å². The second-order valence-electron chi connectivity index (χ2n) is 11.3. The third-order valence-electron chi connectivity index (χ3n) is 8.31. The van der Waals surface area contributed by atoms with E-state index in [1.165, 1.54) is 12.8 Å². The maximum absolute atomic E-state index is 13.1. The zero-order chi connectivity index (χ0) is 27.5. The van der Waals surface area contributed by atoms with Crippen LogP contribution in [0.2, 0.25) is 0 Å². The Morgan fingerprint density at radius 1 is 1.10 bits per heavy atom. The molecule has 3 heterocycles. The first-order valence-electron chi connectivity index (χ1n) is 14.0. The molecule has 3 aliphatic rings. The van der Waals surface area contributed by atoms with Crippen molar-refractivity contribution in [3.63, 3.8) is 0 Å². The first kappa shape index (κ1) is 27.0. The fraction of sp³-hybridized carbons (Fsp3) is 0.500. The van der Waals surface area contributed by atoms with Crippen molar-refractivity contribution >= 4 is 41.3 Å². The van der Waals surface area contributed by atoms with E-state index in [0.29, 0.717) is 36.2 Å². The van der Waals surface area contributed by atoms with E-state index in [4.69, 9.17) is 4.98 Å². The molecule has 0 radical (unpaired) electrons. The number of hydrogen-bond acceptors (Lipinski definition) is 8. The highest BCUT2D eigenvalue weighted by Crippen LogP contribution is 2.46. The summed E-state index contributed by atoms with van der Waals surface area (Å²) in [5.74, 6) is 1.53. The number of allylic oxidation sites excluding steroid dienone is 1. The highest BCUT2D eigenvalue weighted by Gasteiger charge is 2.37. The number of amides is 1. The van der Waals surface area contributed by atoms with Gasteiger partial charge in [0.1, 0.15) is 12.1 Å². The zero-order valence-electron chi connectivity index (χ0n) is 23.2. The third-order valence-corrected chi connectivity index (χ3v) is 8.31. The van der Waals surface area contributed by atoms with Gasteiger partial charge in [-0.3, -0.25) is 4.79 Å². The summed E-state index contributed by atoms with van der Waals surface area (Å²) >= 11 is 0. The largest absolute Gasteiger partial charge is 0.372 e. The normalized spacial score (nSPS) is 22.8. The van der Waals surface area contributed by atoms with Crippen LogP contribution in [0, 0.1) is 11.8 Å². The summed E-state index contributed by atoms with van der Waals surface area (Å²) in [6.45, 7) is 5.29. The minimum atomic E-state index is -0.0198. The molecule has 1 saturated carbocycles. The first-order valence-corrected chi connectivity index (χ1v) is 14.0. The average Bonchev–Trinajstić information content (AvgIpc) is 3.61. The summed E-state index contributed by atoms with van der Waals surface area (Å²) in [4.78, 5) is 41.6. The number of carbonyl (C=O) groups is 2.